The van der Waals surface area contributed by atoms with Gasteiger partial charge in [-0.1, -0.05) is 6.92 Å². The molecule has 0 saturated carbocycles. The molecule has 1 fully saturated rings. The molecule has 34 heavy (non-hydrogen) atoms. The minimum Gasteiger partial charge on any atom is -0.380 e. The molecule has 1 aromatic heterocycles. The molecular weight excluding hydrogens is 443 g/mol. The topological polar surface area (TPSA) is 115 Å². The summed E-state index contributed by atoms with van der Waals surface area (Å²) in [6.45, 7) is 6.09. The van der Waals surface area contributed by atoms with Gasteiger partial charge in [-0.05, 0) is 44.4 Å². The fourth-order valence-electron chi connectivity index (χ4n) is 3.98. The van der Waals surface area contributed by atoms with Crippen LogP contribution in [-0.2, 0) is 4.74 Å². The second kappa shape index (κ2) is 11.6. The zero-order valence-corrected chi connectivity index (χ0v) is 19.4. The maximum atomic E-state index is 14.3. The summed E-state index contributed by atoms with van der Waals surface area (Å²) in [5.41, 5.74) is 1.40. The van der Waals surface area contributed by atoms with Crippen LogP contribution in [0.15, 0.2) is 30.3 Å². The van der Waals surface area contributed by atoms with Crippen molar-refractivity contribution in [2.45, 2.75) is 39.0 Å². The number of non-ortho nitro benzene ring substituents is 1. The summed E-state index contributed by atoms with van der Waals surface area (Å²) < 4.78 is 19.7. The van der Waals surface area contributed by atoms with Gasteiger partial charge in [0, 0.05) is 43.9 Å². The molecule has 0 spiro atoms. The Morgan fingerprint density at radius 1 is 1.21 bits per heavy atom. The molecule has 2 aromatic rings. The predicted octanol–water partition coefficient (Wildman–Crippen LogP) is 3.61. The van der Waals surface area contributed by atoms with Gasteiger partial charge >= 0.3 is 0 Å². The summed E-state index contributed by atoms with van der Waals surface area (Å²) in [4.78, 5) is 41.8. The van der Waals surface area contributed by atoms with Gasteiger partial charge < -0.3 is 15.0 Å². The number of aromatic nitrogens is 1. The Bertz CT molecular complexity index is 1050. The molecule has 1 N–H and O–H groups in total. The number of hydrogen-bond acceptors (Lipinski definition) is 6. The number of likely N-dealkylation sites (tertiary alicyclic amines) is 1. The summed E-state index contributed by atoms with van der Waals surface area (Å²) in [7, 11) is 0. The van der Waals surface area contributed by atoms with Gasteiger partial charge in [-0.15, -0.1) is 0 Å². The highest BCUT2D eigenvalue weighted by Crippen LogP contribution is 2.30. The summed E-state index contributed by atoms with van der Waals surface area (Å²) in [6.07, 6.45) is 2.05. The largest absolute Gasteiger partial charge is 0.380 e. The van der Waals surface area contributed by atoms with Crippen molar-refractivity contribution in [3.8, 4) is 0 Å². The van der Waals surface area contributed by atoms with E-state index in [1.807, 2.05) is 13.8 Å². The van der Waals surface area contributed by atoms with E-state index in [0.717, 1.165) is 30.3 Å². The van der Waals surface area contributed by atoms with E-state index in [0.29, 0.717) is 56.9 Å². The average Bonchev–Trinajstić information content (AvgIpc) is 2.83. The molecule has 3 rings (SSSR count). The number of nitrogens with one attached hydrogen (secondary N) is 1. The van der Waals surface area contributed by atoms with Crippen LogP contribution in [0.25, 0.3) is 0 Å². The molecule has 10 heteroatoms. The third kappa shape index (κ3) is 6.13. The number of hydrogen-bond donors (Lipinski definition) is 1. The van der Waals surface area contributed by atoms with E-state index in [1.165, 1.54) is 4.90 Å². The van der Waals surface area contributed by atoms with Crippen LogP contribution in [-0.4, -0.2) is 59.5 Å². The Balaban J connectivity index is 1.65. The molecule has 0 aliphatic carbocycles. The van der Waals surface area contributed by atoms with E-state index < -0.39 is 22.3 Å². The van der Waals surface area contributed by atoms with Gasteiger partial charge in [0.15, 0.2) is 0 Å². The third-order valence-corrected chi connectivity index (χ3v) is 5.75. The van der Waals surface area contributed by atoms with E-state index in [-0.39, 0.29) is 17.4 Å². The number of rotatable bonds is 9. The molecule has 1 aliphatic rings. The number of carbonyl (C=O) groups excluding carboxylic acids is 2. The molecule has 182 valence electrons. The van der Waals surface area contributed by atoms with Crippen molar-refractivity contribution < 1.29 is 23.6 Å². The molecule has 2 heterocycles. The molecule has 1 aliphatic heterocycles. The first-order valence-corrected chi connectivity index (χ1v) is 11.4. The number of carbonyl (C=O) groups is 2. The SMILES string of the molecule is CCCOCCNC(=O)c1ccc(C)nc1C1CCN(C(=O)c2ccc([N+](=O)[O-])cc2F)CC1. The molecule has 9 nitrogen and oxygen atoms in total. The summed E-state index contributed by atoms with van der Waals surface area (Å²) in [5.74, 6) is -1.66. The monoisotopic (exact) mass is 472 g/mol. The fraction of sp³-hybridized carbons (Fsp3) is 0.458. The number of halogens is 1. The standard InChI is InChI=1S/C24H29FN4O5/c1-3-13-34-14-10-26-23(30)20-6-4-16(2)27-22(20)17-8-11-28(12-9-17)24(31)19-7-5-18(29(32)33)15-21(19)25/h4-7,15,17H,3,8-14H2,1-2H3,(H,26,30). The van der Waals surface area contributed by atoms with E-state index in [4.69, 9.17) is 4.74 Å². The van der Waals surface area contributed by atoms with E-state index >= 15 is 0 Å². The average molecular weight is 473 g/mol. The van der Waals surface area contributed by atoms with Crippen molar-refractivity contribution in [3.63, 3.8) is 0 Å². The number of piperidine rings is 1. The Morgan fingerprint density at radius 2 is 1.91 bits per heavy atom. The maximum absolute atomic E-state index is 14.3. The van der Waals surface area contributed by atoms with Crippen molar-refractivity contribution in [3.05, 3.63) is 68.8 Å². The highest BCUT2D eigenvalue weighted by atomic mass is 19.1. The lowest BCUT2D eigenvalue weighted by molar-refractivity contribution is -0.385. The van der Waals surface area contributed by atoms with E-state index in [9.17, 15) is 24.1 Å². The second-order valence-electron chi connectivity index (χ2n) is 8.24. The third-order valence-electron chi connectivity index (χ3n) is 5.75. The van der Waals surface area contributed by atoms with Gasteiger partial charge in [-0.3, -0.25) is 24.7 Å². The minimum absolute atomic E-state index is 0.0252. The first-order chi connectivity index (χ1) is 16.3. The summed E-state index contributed by atoms with van der Waals surface area (Å²) in [6, 6.07) is 6.59. The zero-order chi connectivity index (χ0) is 24.7. The lowest BCUT2D eigenvalue weighted by Gasteiger charge is -2.32. The van der Waals surface area contributed by atoms with Crippen molar-refractivity contribution in [2.75, 3.05) is 32.8 Å². The summed E-state index contributed by atoms with van der Waals surface area (Å²) in [5, 5.41) is 13.7. The Labute approximate surface area is 197 Å². The molecule has 0 bridgehead atoms. The van der Waals surface area contributed by atoms with Gasteiger partial charge in [0.05, 0.1) is 34.4 Å². The summed E-state index contributed by atoms with van der Waals surface area (Å²) >= 11 is 0. The second-order valence-corrected chi connectivity index (χ2v) is 8.24. The first-order valence-electron chi connectivity index (χ1n) is 11.4. The van der Waals surface area contributed by atoms with Gasteiger partial charge in [0.25, 0.3) is 17.5 Å². The Kier molecular flexibility index (Phi) is 8.64. The van der Waals surface area contributed by atoms with Gasteiger partial charge in [0.2, 0.25) is 0 Å². The molecule has 0 unspecified atom stereocenters. The number of ether oxygens (including phenoxy) is 1. The molecule has 0 atom stereocenters. The Hall–Kier alpha value is -3.40. The van der Waals surface area contributed by atoms with Crippen LogP contribution in [0.1, 0.15) is 64.2 Å². The highest BCUT2D eigenvalue weighted by Gasteiger charge is 2.29. The highest BCUT2D eigenvalue weighted by molar-refractivity contribution is 5.96. The lowest BCUT2D eigenvalue weighted by Crippen LogP contribution is -2.39. The van der Waals surface area contributed by atoms with Crippen LogP contribution in [0.2, 0.25) is 0 Å². The van der Waals surface area contributed by atoms with Crippen LogP contribution in [0.5, 0.6) is 0 Å². The van der Waals surface area contributed by atoms with Crippen LogP contribution in [0.3, 0.4) is 0 Å². The number of nitro groups is 1. The van der Waals surface area contributed by atoms with Crippen LogP contribution in [0.4, 0.5) is 10.1 Å². The molecule has 1 aromatic carbocycles. The smallest absolute Gasteiger partial charge is 0.272 e. The zero-order valence-electron chi connectivity index (χ0n) is 19.4. The van der Waals surface area contributed by atoms with Crippen molar-refractivity contribution in [1.29, 1.82) is 0 Å². The number of amides is 2. The number of benzene rings is 1. The quantitative estimate of drug-likeness (QED) is 0.339. The number of pyridine rings is 1. The van der Waals surface area contributed by atoms with Crippen molar-refractivity contribution in [1.82, 2.24) is 15.2 Å². The normalized spacial score (nSPS) is 14.1. The minimum atomic E-state index is -0.913. The molecule has 0 radical (unpaired) electrons. The fourth-order valence-corrected chi connectivity index (χ4v) is 3.98. The molecule has 2 amide bonds. The lowest BCUT2D eigenvalue weighted by atomic mass is 9.89. The van der Waals surface area contributed by atoms with E-state index in [2.05, 4.69) is 10.3 Å². The van der Waals surface area contributed by atoms with Crippen LogP contribution in [0, 0.1) is 22.9 Å². The van der Waals surface area contributed by atoms with Crippen LogP contribution < -0.4 is 5.32 Å². The number of nitrogens with zero attached hydrogens (tertiary/aromatic N) is 3. The molecule has 1 saturated heterocycles. The van der Waals surface area contributed by atoms with Crippen molar-refractivity contribution >= 4 is 17.5 Å². The van der Waals surface area contributed by atoms with Crippen molar-refractivity contribution in [2.24, 2.45) is 0 Å². The number of aryl methyl sites for hydroxylation is 1. The van der Waals surface area contributed by atoms with Gasteiger partial charge in [0.1, 0.15) is 5.82 Å². The number of nitro benzene ring substituents is 1. The van der Waals surface area contributed by atoms with Gasteiger partial charge in [-0.2, -0.15) is 0 Å². The van der Waals surface area contributed by atoms with Crippen LogP contribution >= 0.6 is 0 Å². The predicted molar refractivity (Wildman–Crippen MR) is 123 cm³/mol. The van der Waals surface area contributed by atoms with Gasteiger partial charge in [-0.25, -0.2) is 4.39 Å². The Morgan fingerprint density at radius 3 is 2.56 bits per heavy atom. The maximum Gasteiger partial charge on any atom is 0.272 e. The molecular formula is C24H29FN4O5. The van der Waals surface area contributed by atoms with E-state index in [1.54, 1.807) is 12.1 Å². The first kappa shape index (κ1) is 25.2.